The van der Waals surface area contributed by atoms with E-state index in [0.29, 0.717) is 46.1 Å². The van der Waals surface area contributed by atoms with Crippen molar-refractivity contribution in [3.63, 3.8) is 0 Å². The third-order valence-electron chi connectivity index (χ3n) is 7.23. The smallest absolute Gasteiger partial charge is 0.325 e. The van der Waals surface area contributed by atoms with Crippen molar-refractivity contribution in [2.24, 2.45) is 0 Å². The highest BCUT2D eigenvalue weighted by Crippen LogP contribution is 2.37. The number of likely N-dealkylation sites (N-methyl/N-ethyl adjacent to an activating group) is 1. The fourth-order valence-electron chi connectivity index (χ4n) is 4.77. The highest BCUT2D eigenvalue weighted by Gasteiger charge is 2.28. The molecule has 12 heteroatoms. The van der Waals surface area contributed by atoms with Crippen LogP contribution in [0.1, 0.15) is 73.3 Å². The van der Waals surface area contributed by atoms with Crippen LogP contribution in [-0.4, -0.2) is 59.1 Å². The minimum Gasteiger partial charge on any atom is -0.359 e. The van der Waals surface area contributed by atoms with Gasteiger partial charge < -0.3 is 30.4 Å². The molecular formula is C30H38FN7O4. The van der Waals surface area contributed by atoms with E-state index in [0.717, 1.165) is 19.6 Å². The lowest BCUT2D eigenvalue weighted by molar-refractivity contribution is -0.110. The molecule has 1 aromatic carbocycles. The van der Waals surface area contributed by atoms with E-state index in [4.69, 9.17) is 4.52 Å². The van der Waals surface area contributed by atoms with Gasteiger partial charge in [-0.15, -0.1) is 0 Å². The fourth-order valence-corrected chi connectivity index (χ4v) is 4.77. The molecule has 2 aromatic heterocycles. The van der Waals surface area contributed by atoms with Gasteiger partial charge in [0.1, 0.15) is 11.6 Å². The Balaban J connectivity index is 1.50. The first-order valence-corrected chi connectivity index (χ1v) is 13.9. The van der Waals surface area contributed by atoms with Crippen LogP contribution in [0.4, 0.5) is 26.4 Å². The van der Waals surface area contributed by atoms with E-state index in [-0.39, 0.29) is 28.4 Å². The van der Waals surface area contributed by atoms with Crippen LogP contribution < -0.4 is 21.3 Å². The maximum Gasteiger partial charge on any atom is 0.325 e. The van der Waals surface area contributed by atoms with Crippen LogP contribution in [0, 0.1) is 19.7 Å². The second-order valence-corrected chi connectivity index (χ2v) is 11.2. The van der Waals surface area contributed by atoms with Crippen LogP contribution in [0.3, 0.4) is 0 Å². The van der Waals surface area contributed by atoms with Crippen LogP contribution in [0.15, 0.2) is 22.7 Å². The number of rotatable bonds is 9. The molecule has 0 bridgehead atoms. The molecule has 0 aliphatic carbocycles. The molecule has 11 nitrogen and oxygen atoms in total. The summed E-state index contributed by atoms with van der Waals surface area (Å²) >= 11 is 0. The van der Waals surface area contributed by atoms with Crippen molar-refractivity contribution in [1.29, 1.82) is 0 Å². The first-order chi connectivity index (χ1) is 19.8. The number of hydrogen-bond acceptors (Lipinski definition) is 6. The molecule has 0 fully saturated rings. The molecule has 42 heavy (non-hydrogen) atoms. The number of H-pyrrole nitrogens is 1. The number of aromatic nitrogens is 2. The molecule has 3 heterocycles. The second kappa shape index (κ2) is 12.2. The molecule has 1 aliphatic heterocycles. The maximum atomic E-state index is 15.1. The Kier molecular flexibility index (Phi) is 8.86. The minimum absolute atomic E-state index is 0.122. The molecular weight excluding hydrogens is 541 g/mol. The fraction of sp³-hybridized carbons (Fsp3) is 0.400. The molecule has 0 radical (unpaired) electrons. The van der Waals surface area contributed by atoms with Gasteiger partial charge in [0.15, 0.2) is 5.82 Å². The number of urea groups is 1. The summed E-state index contributed by atoms with van der Waals surface area (Å²) in [5, 5.41) is 14.5. The first-order valence-electron chi connectivity index (χ1n) is 13.9. The Morgan fingerprint density at radius 1 is 1.12 bits per heavy atom. The van der Waals surface area contributed by atoms with E-state index >= 15 is 4.39 Å². The Morgan fingerprint density at radius 2 is 1.83 bits per heavy atom. The van der Waals surface area contributed by atoms with Crippen molar-refractivity contribution >= 4 is 46.7 Å². The van der Waals surface area contributed by atoms with Gasteiger partial charge in [0.2, 0.25) is 0 Å². The standard InChI is InChI=1S/C30H38FN7O4/c1-8-38(9-2)11-10-32-28(40)26-16(3)21(33-17(26)4)13-19-18-12-20(31)23(14-22(18)34-27(19)39)35-29(41)36-25-15-24(42-37-25)30(5,6)7/h12-15,33H,8-11H2,1-7H3,(H,32,40)(H,34,39)(H2,35,36,37,41)/b19-13-. The molecule has 5 N–H and O–H groups in total. The zero-order valence-electron chi connectivity index (χ0n) is 25.0. The maximum absolute atomic E-state index is 15.1. The lowest BCUT2D eigenvalue weighted by atomic mass is 9.93. The molecule has 0 atom stereocenters. The predicted molar refractivity (Wildman–Crippen MR) is 161 cm³/mol. The van der Waals surface area contributed by atoms with Crippen LogP contribution in [0.25, 0.3) is 11.6 Å². The molecule has 0 unspecified atom stereocenters. The highest BCUT2D eigenvalue weighted by molar-refractivity contribution is 6.35. The van der Waals surface area contributed by atoms with Crippen molar-refractivity contribution < 1.29 is 23.3 Å². The van der Waals surface area contributed by atoms with Crippen molar-refractivity contribution in [3.05, 3.63) is 57.9 Å². The Labute approximate surface area is 244 Å². The van der Waals surface area contributed by atoms with Gasteiger partial charge in [0.05, 0.1) is 22.5 Å². The van der Waals surface area contributed by atoms with Crippen molar-refractivity contribution in [1.82, 2.24) is 20.4 Å². The van der Waals surface area contributed by atoms with Gasteiger partial charge in [-0.2, -0.15) is 0 Å². The van der Waals surface area contributed by atoms with Crippen LogP contribution in [-0.2, 0) is 10.2 Å². The molecule has 224 valence electrons. The van der Waals surface area contributed by atoms with Gasteiger partial charge in [0.25, 0.3) is 11.8 Å². The molecule has 0 spiro atoms. The highest BCUT2D eigenvalue weighted by atomic mass is 19.1. The topological polar surface area (TPSA) is 144 Å². The number of aromatic amines is 1. The predicted octanol–water partition coefficient (Wildman–Crippen LogP) is 5.26. The van der Waals surface area contributed by atoms with E-state index in [9.17, 15) is 14.4 Å². The van der Waals surface area contributed by atoms with Gasteiger partial charge in [0, 0.05) is 41.5 Å². The molecule has 0 saturated heterocycles. The first kappa shape index (κ1) is 30.5. The van der Waals surface area contributed by atoms with Gasteiger partial charge in [-0.3, -0.25) is 14.9 Å². The summed E-state index contributed by atoms with van der Waals surface area (Å²) in [4.78, 5) is 43.7. The lowest BCUT2D eigenvalue weighted by Crippen LogP contribution is -2.35. The summed E-state index contributed by atoms with van der Waals surface area (Å²) in [6.45, 7) is 16.6. The zero-order chi connectivity index (χ0) is 30.8. The normalized spacial score (nSPS) is 13.8. The van der Waals surface area contributed by atoms with Crippen molar-refractivity contribution in [2.75, 3.05) is 42.1 Å². The number of carbonyl (C=O) groups excluding carboxylic acids is 3. The van der Waals surface area contributed by atoms with Gasteiger partial charge in [-0.05, 0) is 50.7 Å². The number of fused-ring (bicyclic) bond motifs is 1. The third-order valence-corrected chi connectivity index (χ3v) is 7.23. The number of aryl methyl sites for hydroxylation is 1. The number of hydrogen-bond donors (Lipinski definition) is 5. The SMILES string of the molecule is CCN(CC)CCNC(=O)c1c(C)[nH]c(/C=C2\C(=O)Nc3cc(NC(=O)Nc4cc(C(C)(C)C)on4)c(F)cc32)c1C. The van der Waals surface area contributed by atoms with Gasteiger partial charge in [-0.25, -0.2) is 9.18 Å². The monoisotopic (exact) mass is 579 g/mol. The van der Waals surface area contributed by atoms with E-state index in [2.05, 4.69) is 50.2 Å². The number of nitrogens with zero attached hydrogens (tertiary/aromatic N) is 2. The Bertz CT molecular complexity index is 1540. The number of anilines is 3. The van der Waals surface area contributed by atoms with Crippen LogP contribution in [0.5, 0.6) is 0 Å². The number of nitrogens with one attached hydrogen (secondary N) is 5. The van der Waals surface area contributed by atoms with E-state index in [1.54, 1.807) is 26.0 Å². The van der Waals surface area contributed by atoms with Gasteiger partial charge in [-0.1, -0.05) is 39.8 Å². The molecule has 3 aromatic rings. The molecule has 4 rings (SSSR count). The Morgan fingerprint density at radius 3 is 2.48 bits per heavy atom. The van der Waals surface area contributed by atoms with E-state index in [1.807, 2.05) is 20.8 Å². The van der Waals surface area contributed by atoms with Crippen molar-refractivity contribution in [3.8, 4) is 0 Å². The van der Waals surface area contributed by atoms with Crippen LogP contribution in [0.2, 0.25) is 0 Å². The lowest BCUT2D eigenvalue weighted by Gasteiger charge is -2.18. The number of amides is 4. The summed E-state index contributed by atoms with van der Waals surface area (Å²) in [7, 11) is 0. The summed E-state index contributed by atoms with van der Waals surface area (Å²) in [6.07, 6.45) is 1.60. The average Bonchev–Trinajstić information content (AvgIpc) is 3.58. The molecule has 4 amide bonds. The van der Waals surface area contributed by atoms with Gasteiger partial charge >= 0.3 is 6.03 Å². The summed E-state index contributed by atoms with van der Waals surface area (Å²) in [6, 6.07) is 3.42. The number of benzene rings is 1. The second-order valence-electron chi connectivity index (χ2n) is 11.2. The van der Waals surface area contributed by atoms with Crippen molar-refractivity contribution in [2.45, 2.75) is 53.9 Å². The Hall–Kier alpha value is -4.45. The third kappa shape index (κ3) is 6.54. The van der Waals surface area contributed by atoms with Crippen LogP contribution >= 0.6 is 0 Å². The summed E-state index contributed by atoms with van der Waals surface area (Å²) in [5.74, 6) is -0.588. The zero-order valence-corrected chi connectivity index (χ0v) is 25.0. The van der Waals surface area contributed by atoms with E-state index < -0.39 is 17.8 Å². The average molecular weight is 580 g/mol. The largest absolute Gasteiger partial charge is 0.359 e. The molecule has 1 aliphatic rings. The summed E-state index contributed by atoms with van der Waals surface area (Å²) < 4.78 is 20.4. The molecule has 0 saturated carbocycles. The quantitative estimate of drug-likeness (QED) is 0.219. The number of halogens is 1. The summed E-state index contributed by atoms with van der Waals surface area (Å²) in [5.41, 5.74) is 2.92. The minimum atomic E-state index is -0.727. The number of carbonyl (C=O) groups is 3. The van der Waals surface area contributed by atoms with E-state index in [1.165, 1.54) is 12.1 Å².